The fourth-order valence-electron chi connectivity index (χ4n) is 3.09. The Hall–Kier alpha value is -3.99. The molecule has 0 bridgehead atoms. The molecule has 1 aliphatic heterocycles. The smallest absolute Gasteiger partial charge is 0.346 e. The van der Waals surface area contributed by atoms with Gasteiger partial charge < -0.3 is 19.5 Å². The number of ether oxygens (including phenoxy) is 3. The van der Waals surface area contributed by atoms with Gasteiger partial charge in [-0.3, -0.25) is 4.79 Å². The van der Waals surface area contributed by atoms with Gasteiger partial charge in [0, 0.05) is 0 Å². The predicted octanol–water partition coefficient (Wildman–Crippen LogP) is 2.91. The zero-order valence-electron chi connectivity index (χ0n) is 17.5. The SMILES string of the molecule is C#CCOc1ccc(/C=N\N2C(=O)N[C@](C)(c3ccc(OC)cc3)C2=O)cc1OCC. The molecule has 0 spiro atoms. The molecule has 0 radical (unpaired) electrons. The van der Waals surface area contributed by atoms with Gasteiger partial charge >= 0.3 is 6.03 Å². The number of terminal acetylenes is 1. The molecule has 1 saturated heterocycles. The van der Waals surface area contributed by atoms with Crippen molar-refractivity contribution in [1.29, 1.82) is 0 Å². The first kappa shape index (κ1) is 21.7. The van der Waals surface area contributed by atoms with Gasteiger partial charge in [0.2, 0.25) is 0 Å². The van der Waals surface area contributed by atoms with E-state index in [1.54, 1.807) is 56.5 Å². The number of hydrogen-bond donors (Lipinski definition) is 1. The van der Waals surface area contributed by atoms with Gasteiger partial charge in [-0.15, -0.1) is 11.4 Å². The molecule has 1 atom stereocenters. The molecule has 0 saturated carbocycles. The van der Waals surface area contributed by atoms with Crippen LogP contribution in [0.4, 0.5) is 4.79 Å². The van der Waals surface area contributed by atoms with E-state index in [1.807, 2.05) is 6.92 Å². The second-order valence-corrected chi connectivity index (χ2v) is 6.78. The lowest BCUT2D eigenvalue weighted by atomic mass is 9.92. The lowest BCUT2D eigenvalue weighted by molar-refractivity contribution is -0.131. The van der Waals surface area contributed by atoms with Crippen LogP contribution in [0.15, 0.2) is 47.6 Å². The van der Waals surface area contributed by atoms with E-state index in [2.05, 4.69) is 16.3 Å². The average molecular weight is 421 g/mol. The fourth-order valence-corrected chi connectivity index (χ4v) is 3.09. The Morgan fingerprint density at radius 1 is 1.16 bits per heavy atom. The minimum absolute atomic E-state index is 0.111. The second kappa shape index (κ2) is 9.22. The summed E-state index contributed by atoms with van der Waals surface area (Å²) in [6, 6.07) is 11.4. The van der Waals surface area contributed by atoms with Crippen LogP contribution in [0, 0.1) is 12.3 Å². The number of carbonyl (C=O) groups is 2. The standard InChI is InChI=1S/C23H23N3O5/c1-5-13-31-19-12-7-16(14-20(19)30-6-2)15-24-26-21(27)23(3,25-22(26)28)17-8-10-18(29-4)11-9-17/h1,7-12,14-15H,6,13H2,2-4H3,(H,25,28)/b24-15-/t23-/m1/s1. The van der Waals surface area contributed by atoms with Crippen LogP contribution < -0.4 is 19.5 Å². The molecule has 3 rings (SSSR count). The van der Waals surface area contributed by atoms with Crippen molar-refractivity contribution in [2.75, 3.05) is 20.3 Å². The molecule has 1 fully saturated rings. The van der Waals surface area contributed by atoms with Gasteiger partial charge in [-0.1, -0.05) is 18.1 Å². The third kappa shape index (κ3) is 4.46. The topological polar surface area (TPSA) is 89.5 Å². The maximum Gasteiger partial charge on any atom is 0.346 e. The number of carbonyl (C=O) groups excluding carboxylic acids is 2. The number of hydrogen-bond acceptors (Lipinski definition) is 6. The summed E-state index contributed by atoms with van der Waals surface area (Å²) in [5, 5.41) is 7.61. The Kier molecular flexibility index (Phi) is 6.46. The van der Waals surface area contributed by atoms with Crippen molar-refractivity contribution >= 4 is 18.2 Å². The molecule has 2 aromatic carbocycles. The molecule has 1 aliphatic rings. The summed E-state index contributed by atoms with van der Waals surface area (Å²) in [7, 11) is 1.56. The number of urea groups is 1. The Balaban J connectivity index is 1.82. The molecule has 0 aliphatic carbocycles. The monoisotopic (exact) mass is 421 g/mol. The summed E-state index contributed by atoms with van der Waals surface area (Å²) >= 11 is 0. The number of amides is 3. The van der Waals surface area contributed by atoms with Crippen LogP contribution in [0.25, 0.3) is 0 Å². The third-order valence-corrected chi connectivity index (χ3v) is 4.74. The van der Waals surface area contributed by atoms with E-state index < -0.39 is 17.5 Å². The molecule has 3 amide bonds. The first-order valence-corrected chi connectivity index (χ1v) is 9.61. The van der Waals surface area contributed by atoms with Gasteiger partial charge in [0.1, 0.15) is 17.9 Å². The highest BCUT2D eigenvalue weighted by Gasteiger charge is 2.49. The molecular weight excluding hydrogens is 398 g/mol. The normalized spacial score (nSPS) is 18.1. The summed E-state index contributed by atoms with van der Waals surface area (Å²) < 4.78 is 16.2. The van der Waals surface area contributed by atoms with Gasteiger partial charge in [0.15, 0.2) is 11.5 Å². The third-order valence-electron chi connectivity index (χ3n) is 4.74. The van der Waals surface area contributed by atoms with Crippen molar-refractivity contribution in [3.05, 3.63) is 53.6 Å². The molecule has 0 aromatic heterocycles. The van der Waals surface area contributed by atoms with Crippen molar-refractivity contribution in [1.82, 2.24) is 10.3 Å². The highest BCUT2D eigenvalue weighted by atomic mass is 16.5. The minimum Gasteiger partial charge on any atom is -0.497 e. The van der Waals surface area contributed by atoms with Gasteiger partial charge in [-0.25, -0.2) is 4.79 Å². The van der Waals surface area contributed by atoms with Crippen molar-refractivity contribution in [3.63, 3.8) is 0 Å². The van der Waals surface area contributed by atoms with E-state index in [0.717, 1.165) is 5.01 Å². The molecule has 31 heavy (non-hydrogen) atoms. The second-order valence-electron chi connectivity index (χ2n) is 6.78. The Morgan fingerprint density at radius 2 is 1.90 bits per heavy atom. The Labute approximate surface area is 180 Å². The van der Waals surface area contributed by atoms with E-state index in [1.165, 1.54) is 6.21 Å². The number of nitrogens with one attached hydrogen (secondary N) is 1. The zero-order valence-corrected chi connectivity index (χ0v) is 17.5. The van der Waals surface area contributed by atoms with Crippen LogP contribution in [0.1, 0.15) is 25.0 Å². The summed E-state index contributed by atoms with van der Waals surface area (Å²) in [6.45, 7) is 4.02. The molecule has 1 heterocycles. The van der Waals surface area contributed by atoms with Crippen molar-refractivity contribution in [3.8, 4) is 29.6 Å². The van der Waals surface area contributed by atoms with Crippen LogP contribution in [0.2, 0.25) is 0 Å². The number of imide groups is 1. The number of hydrazone groups is 1. The van der Waals surface area contributed by atoms with E-state index in [9.17, 15) is 9.59 Å². The van der Waals surface area contributed by atoms with Crippen LogP contribution in [-0.2, 0) is 10.3 Å². The zero-order chi connectivity index (χ0) is 22.4. The summed E-state index contributed by atoms with van der Waals surface area (Å²) in [5.41, 5.74) is 0.0116. The predicted molar refractivity (Wildman–Crippen MR) is 115 cm³/mol. The molecule has 8 heteroatoms. The molecule has 8 nitrogen and oxygen atoms in total. The molecular formula is C23H23N3O5. The number of methoxy groups -OCH3 is 1. The van der Waals surface area contributed by atoms with Gasteiger partial charge in [-0.2, -0.15) is 5.10 Å². The lowest BCUT2D eigenvalue weighted by Crippen LogP contribution is -2.40. The van der Waals surface area contributed by atoms with Crippen LogP contribution >= 0.6 is 0 Å². The molecule has 160 valence electrons. The number of nitrogens with zero attached hydrogens (tertiary/aromatic N) is 2. The maximum absolute atomic E-state index is 13.0. The van der Waals surface area contributed by atoms with Crippen molar-refractivity contribution < 1.29 is 23.8 Å². The molecule has 2 aromatic rings. The minimum atomic E-state index is -1.23. The number of benzene rings is 2. The largest absolute Gasteiger partial charge is 0.497 e. The first-order chi connectivity index (χ1) is 14.9. The van der Waals surface area contributed by atoms with Crippen molar-refractivity contribution in [2.24, 2.45) is 5.10 Å². The lowest BCUT2D eigenvalue weighted by Gasteiger charge is -2.21. The summed E-state index contributed by atoms with van der Waals surface area (Å²) in [5.74, 6) is 3.55. The Bertz CT molecular complexity index is 1040. The maximum atomic E-state index is 13.0. The van der Waals surface area contributed by atoms with Gasteiger partial charge in [0.25, 0.3) is 5.91 Å². The van der Waals surface area contributed by atoms with Crippen molar-refractivity contribution in [2.45, 2.75) is 19.4 Å². The summed E-state index contributed by atoms with van der Waals surface area (Å²) in [6.07, 6.45) is 6.64. The quantitative estimate of drug-likeness (QED) is 0.402. The fraction of sp³-hybridized carbons (Fsp3) is 0.261. The van der Waals surface area contributed by atoms with Gasteiger partial charge in [-0.05, 0) is 55.3 Å². The van der Waals surface area contributed by atoms with Crippen LogP contribution in [0.3, 0.4) is 0 Å². The van der Waals surface area contributed by atoms with Crippen LogP contribution in [-0.4, -0.2) is 43.5 Å². The summed E-state index contributed by atoms with van der Waals surface area (Å²) in [4.78, 5) is 25.4. The first-order valence-electron chi connectivity index (χ1n) is 9.61. The highest BCUT2D eigenvalue weighted by Crippen LogP contribution is 2.31. The molecule has 1 N–H and O–H groups in total. The molecule has 0 unspecified atom stereocenters. The van der Waals surface area contributed by atoms with Gasteiger partial charge in [0.05, 0.1) is 19.9 Å². The van der Waals surface area contributed by atoms with E-state index in [0.29, 0.717) is 35.0 Å². The number of rotatable bonds is 8. The van der Waals surface area contributed by atoms with E-state index >= 15 is 0 Å². The van der Waals surface area contributed by atoms with Crippen LogP contribution in [0.5, 0.6) is 17.2 Å². The van der Waals surface area contributed by atoms with E-state index in [4.69, 9.17) is 20.6 Å². The Morgan fingerprint density at radius 3 is 2.55 bits per heavy atom. The average Bonchev–Trinajstić information content (AvgIpc) is 3.00. The van der Waals surface area contributed by atoms with E-state index in [-0.39, 0.29) is 6.61 Å². The highest BCUT2D eigenvalue weighted by molar-refractivity contribution is 6.07.